The molecule has 1 unspecified atom stereocenters. The van der Waals surface area contributed by atoms with Crippen molar-refractivity contribution in [1.82, 2.24) is 10.3 Å². The number of carbonyl (C=O) groups excluding carboxylic acids is 1. The highest BCUT2D eigenvalue weighted by Crippen LogP contribution is 2.17. The zero-order valence-corrected chi connectivity index (χ0v) is 11.5. The molecule has 3 N–H and O–H groups in total. The summed E-state index contributed by atoms with van der Waals surface area (Å²) in [6.45, 7) is 2.78. The maximum absolute atomic E-state index is 12.0. The normalized spacial score (nSPS) is 11.8. The Kier molecular flexibility index (Phi) is 4.71. The second-order valence-electron chi connectivity index (χ2n) is 4.82. The van der Waals surface area contributed by atoms with Gasteiger partial charge in [0.25, 0.3) is 5.91 Å². The van der Waals surface area contributed by atoms with E-state index < -0.39 is 0 Å². The number of hydrogen-bond donors (Lipinski definition) is 2. The van der Waals surface area contributed by atoms with Crippen molar-refractivity contribution < 1.29 is 4.79 Å². The first-order valence-electron chi connectivity index (χ1n) is 6.71. The molecule has 1 aromatic heterocycles. The van der Waals surface area contributed by atoms with E-state index in [1.807, 2.05) is 18.2 Å². The van der Waals surface area contributed by atoms with E-state index in [2.05, 4.69) is 29.4 Å². The average molecular weight is 269 g/mol. The van der Waals surface area contributed by atoms with Crippen LogP contribution in [0.4, 0.5) is 5.69 Å². The molecular formula is C16H19N3O. The quantitative estimate of drug-likeness (QED) is 0.876. The predicted octanol–water partition coefficient (Wildman–Crippen LogP) is 2.59. The Bertz CT molecular complexity index is 569. The molecule has 1 amide bonds. The fourth-order valence-corrected chi connectivity index (χ4v) is 2.06. The molecule has 1 aromatic carbocycles. The standard InChI is InChI=1S/C16H19N3O/c1-12(13-5-3-2-4-6-13)7-10-19-16(20)14-8-9-18-11-15(14)17/h2-6,8-9,11-12H,7,10,17H2,1H3,(H,19,20). The van der Waals surface area contributed by atoms with Crippen LogP contribution in [0, 0.1) is 0 Å². The fourth-order valence-electron chi connectivity index (χ4n) is 2.06. The summed E-state index contributed by atoms with van der Waals surface area (Å²) in [5, 5.41) is 2.89. The number of rotatable bonds is 5. The SMILES string of the molecule is CC(CCNC(=O)c1ccncc1N)c1ccccc1. The number of nitrogens with two attached hydrogens (primary N) is 1. The summed E-state index contributed by atoms with van der Waals surface area (Å²) in [6, 6.07) is 11.9. The topological polar surface area (TPSA) is 68.0 Å². The largest absolute Gasteiger partial charge is 0.397 e. The van der Waals surface area contributed by atoms with Crippen molar-refractivity contribution in [3.63, 3.8) is 0 Å². The summed E-state index contributed by atoms with van der Waals surface area (Å²) in [6.07, 6.45) is 3.94. The van der Waals surface area contributed by atoms with Crippen molar-refractivity contribution in [3.8, 4) is 0 Å². The number of pyridine rings is 1. The minimum atomic E-state index is -0.148. The molecule has 1 heterocycles. The molecule has 0 aliphatic heterocycles. The van der Waals surface area contributed by atoms with Crippen LogP contribution >= 0.6 is 0 Å². The maximum Gasteiger partial charge on any atom is 0.253 e. The molecule has 2 aromatic rings. The zero-order valence-electron chi connectivity index (χ0n) is 11.5. The lowest BCUT2D eigenvalue weighted by Crippen LogP contribution is -2.26. The Balaban J connectivity index is 1.84. The van der Waals surface area contributed by atoms with Gasteiger partial charge in [-0.25, -0.2) is 0 Å². The lowest BCUT2D eigenvalue weighted by atomic mass is 9.98. The van der Waals surface area contributed by atoms with Crippen LogP contribution in [-0.4, -0.2) is 17.4 Å². The predicted molar refractivity (Wildman–Crippen MR) is 80.5 cm³/mol. The molecule has 0 saturated carbocycles. The van der Waals surface area contributed by atoms with Crippen LogP contribution in [0.1, 0.15) is 35.2 Å². The van der Waals surface area contributed by atoms with Gasteiger partial charge in [-0.1, -0.05) is 37.3 Å². The Morgan fingerprint density at radius 2 is 2.05 bits per heavy atom. The molecule has 0 spiro atoms. The monoisotopic (exact) mass is 269 g/mol. The smallest absolute Gasteiger partial charge is 0.253 e. The summed E-state index contributed by atoms with van der Waals surface area (Å²) < 4.78 is 0. The Morgan fingerprint density at radius 1 is 1.30 bits per heavy atom. The number of nitrogens with one attached hydrogen (secondary N) is 1. The highest BCUT2D eigenvalue weighted by molar-refractivity contribution is 5.98. The fraction of sp³-hybridized carbons (Fsp3) is 0.250. The van der Waals surface area contributed by atoms with Gasteiger partial charge in [0.15, 0.2) is 0 Å². The summed E-state index contributed by atoms with van der Waals surface area (Å²) >= 11 is 0. The number of anilines is 1. The van der Waals surface area contributed by atoms with Gasteiger partial charge < -0.3 is 11.1 Å². The van der Waals surface area contributed by atoms with Crippen LogP contribution in [0.5, 0.6) is 0 Å². The molecule has 0 aliphatic carbocycles. The van der Waals surface area contributed by atoms with Crippen LogP contribution in [0.25, 0.3) is 0 Å². The molecule has 0 aliphatic rings. The third-order valence-electron chi connectivity index (χ3n) is 3.33. The highest BCUT2D eigenvalue weighted by Gasteiger charge is 2.10. The van der Waals surface area contributed by atoms with E-state index in [0.29, 0.717) is 23.7 Å². The van der Waals surface area contributed by atoms with Gasteiger partial charge in [-0.05, 0) is 24.0 Å². The van der Waals surface area contributed by atoms with Gasteiger partial charge in [0.1, 0.15) is 0 Å². The van der Waals surface area contributed by atoms with Gasteiger partial charge in [-0.2, -0.15) is 0 Å². The number of carbonyl (C=O) groups is 1. The first-order valence-corrected chi connectivity index (χ1v) is 6.71. The minimum Gasteiger partial charge on any atom is -0.397 e. The first kappa shape index (κ1) is 14.1. The first-order chi connectivity index (χ1) is 9.68. The van der Waals surface area contributed by atoms with Crippen LogP contribution in [0.3, 0.4) is 0 Å². The second kappa shape index (κ2) is 6.70. The number of nitrogen functional groups attached to an aromatic ring is 1. The number of benzene rings is 1. The van der Waals surface area contributed by atoms with Gasteiger partial charge in [-0.15, -0.1) is 0 Å². The molecular weight excluding hydrogens is 250 g/mol. The summed E-state index contributed by atoms with van der Waals surface area (Å²) in [7, 11) is 0. The molecule has 2 rings (SSSR count). The van der Waals surface area contributed by atoms with Crippen molar-refractivity contribution in [1.29, 1.82) is 0 Å². The summed E-state index contributed by atoms with van der Waals surface area (Å²) in [4.78, 5) is 15.8. The highest BCUT2D eigenvalue weighted by atomic mass is 16.1. The van der Waals surface area contributed by atoms with Gasteiger partial charge in [-0.3, -0.25) is 9.78 Å². The van der Waals surface area contributed by atoms with Crippen molar-refractivity contribution in [3.05, 3.63) is 59.9 Å². The van der Waals surface area contributed by atoms with Crippen molar-refractivity contribution in [2.75, 3.05) is 12.3 Å². The lowest BCUT2D eigenvalue weighted by molar-refractivity contribution is 0.0953. The van der Waals surface area contributed by atoms with E-state index in [1.165, 1.54) is 11.8 Å². The zero-order chi connectivity index (χ0) is 14.4. The van der Waals surface area contributed by atoms with Crippen molar-refractivity contribution in [2.24, 2.45) is 0 Å². The Labute approximate surface area is 119 Å². The molecule has 1 atom stereocenters. The van der Waals surface area contributed by atoms with E-state index in [4.69, 9.17) is 5.73 Å². The molecule has 20 heavy (non-hydrogen) atoms. The van der Waals surface area contributed by atoms with Crippen LogP contribution in [-0.2, 0) is 0 Å². The molecule has 0 radical (unpaired) electrons. The molecule has 4 heteroatoms. The maximum atomic E-state index is 12.0. The molecule has 0 saturated heterocycles. The summed E-state index contributed by atoms with van der Waals surface area (Å²) in [5.74, 6) is 0.261. The third-order valence-corrected chi connectivity index (χ3v) is 3.33. The van der Waals surface area contributed by atoms with E-state index in [9.17, 15) is 4.79 Å². The molecule has 0 bridgehead atoms. The lowest BCUT2D eigenvalue weighted by Gasteiger charge is -2.12. The minimum absolute atomic E-state index is 0.148. The molecule has 4 nitrogen and oxygen atoms in total. The average Bonchev–Trinajstić information content (AvgIpc) is 2.48. The van der Waals surface area contributed by atoms with Gasteiger partial charge >= 0.3 is 0 Å². The third kappa shape index (κ3) is 3.57. The van der Waals surface area contributed by atoms with Crippen LogP contribution < -0.4 is 11.1 Å². The van der Waals surface area contributed by atoms with Crippen LogP contribution in [0.2, 0.25) is 0 Å². The number of aromatic nitrogens is 1. The Morgan fingerprint density at radius 3 is 2.75 bits per heavy atom. The molecule has 0 fully saturated rings. The van der Waals surface area contributed by atoms with Crippen LogP contribution in [0.15, 0.2) is 48.8 Å². The van der Waals surface area contributed by atoms with E-state index in [1.54, 1.807) is 12.3 Å². The number of nitrogens with zero attached hydrogens (tertiary/aromatic N) is 1. The van der Waals surface area contributed by atoms with Gasteiger partial charge in [0.05, 0.1) is 17.4 Å². The van der Waals surface area contributed by atoms with Gasteiger partial charge in [0.2, 0.25) is 0 Å². The summed E-state index contributed by atoms with van der Waals surface area (Å²) in [5.41, 5.74) is 7.89. The van der Waals surface area contributed by atoms with E-state index >= 15 is 0 Å². The van der Waals surface area contributed by atoms with Crippen molar-refractivity contribution in [2.45, 2.75) is 19.3 Å². The number of amides is 1. The number of hydrogen-bond acceptors (Lipinski definition) is 3. The van der Waals surface area contributed by atoms with E-state index in [0.717, 1.165) is 6.42 Å². The second-order valence-corrected chi connectivity index (χ2v) is 4.82. The van der Waals surface area contributed by atoms with Crippen molar-refractivity contribution >= 4 is 11.6 Å². The Hall–Kier alpha value is -2.36. The van der Waals surface area contributed by atoms with Gasteiger partial charge in [0, 0.05) is 12.7 Å². The molecule has 104 valence electrons. The van der Waals surface area contributed by atoms with E-state index in [-0.39, 0.29) is 5.91 Å².